The molecule has 0 aliphatic heterocycles. The van der Waals surface area contributed by atoms with Gasteiger partial charge >= 0.3 is 5.97 Å². The number of nitrogens with zero attached hydrogens (tertiary/aromatic N) is 1. The van der Waals surface area contributed by atoms with E-state index in [1.54, 1.807) is 6.07 Å². The van der Waals surface area contributed by atoms with Crippen LogP contribution in [0.4, 0.5) is 5.69 Å². The summed E-state index contributed by atoms with van der Waals surface area (Å²) in [6.07, 6.45) is 0. The fourth-order valence-electron chi connectivity index (χ4n) is 1.93. The third-order valence-electron chi connectivity index (χ3n) is 3.22. The number of sulfonamides is 1. The Kier molecular flexibility index (Phi) is 5.27. The maximum absolute atomic E-state index is 12.0. The number of carbonyl (C=O) groups is 1. The number of para-hydroxylation sites is 1. The average Bonchev–Trinajstić information content (AvgIpc) is 2.60. The van der Waals surface area contributed by atoms with E-state index in [0.29, 0.717) is 0 Å². The van der Waals surface area contributed by atoms with Crippen LogP contribution in [-0.4, -0.2) is 26.4 Å². The van der Waals surface area contributed by atoms with E-state index in [1.807, 2.05) is 0 Å². The molecular formula is C15H14N2O6S. The van der Waals surface area contributed by atoms with Crippen molar-refractivity contribution in [1.82, 2.24) is 4.72 Å². The molecule has 9 heteroatoms. The first kappa shape index (κ1) is 17.6. The van der Waals surface area contributed by atoms with Crippen LogP contribution in [0.25, 0.3) is 0 Å². The predicted molar refractivity (Wildman–Crippen MR) is 84.9 cm³/mol. The molecule has 0 amide bonds. The lowest BCUT2D eigenvalue weighted by Crippen LogP contribution is -2.18. The Hall–Kier alpha value is -2.78. The summed E-state index contributed by atoms with van der Waals surface area (Å²) < 4.78 is 30.4. The van der Waals surface area contributed by atoms with Crippen molar-refractivity contribution in [2.45, 2.75) is 11.5 Å². The Morgan fingerprint density at radius 3 is 2.38 bits per heavy atom. The summed E-state index contributed by atoms with van der Waals surface area (Å²) in [5.74, 6) is -0.707. The summed E-state index contributed by atoms with van der Waals surface area (Å²) in [7, 11) is -2.31. The lowest BCUT2D eigenvalue weighted by Gasteiger charge is -2.07. The van der Waals surface area contributed by atoms with Crippen molar-refractivity contribution in [3.63, 3.8) is 0 Å². The summed E-state index contributed by atoms with van der Waals surface area (Å²) in [5, 5.41) is 10.9. The van der Waals surface area contributed by atoms with Crippen molar-refractivity contribution in [3.05, 3.63) is 69.8 Å². The molecule has 0 fully saturated rings. The first-order valence-electron chi connectivity index (χ1n) is 6.78. The van der Waals surface area contributed by atoms with E-state index in [-0.39, 0.29) is 28.3 Å². The van der Waals surface area contributed by atoms with Gasteiger partial charge in [-0.2, -0.15) is 0 Å². The number of nitrogens with one attached hydrogen (secondary N) is 1. The van der Waals surface area contributed by atoms with Crippen LogP contribution in [0, 0.1) is 10.1 Å². The minimum absolute atomic E-state index is 0.0141. The number of hydrogen-bond donors (Lipinski definition) is 1. The molecule has 2 aromatic carbocycles. The van der Waals surface area contributed by atoms with Gasteiger partial charge in [-0.15, -0.1) is 0 Å². The zero-order chi connectivity index (χ0) is 17.7. The molecule has 0 aromatic heterocycles. The standard InChI is InChI=1S/C15H14N2O6S/c1-16-24(21,22)13-8-6-11(7-9-13)15(18)23-10-12-4-2-3-5-14(12)17(19)20/h2-9,16H,10H2,1H3. The molecule has 0 heterocycles. The molecule has 2 rings (SSSR count). The van der Waals surface area contributed by atoms with Crippen LogP contribution in [0.5, 0.6) is 0 Å². The largest absolute Gasteiger partial charge is 0.457 e. The number of nitro benzene ring substituents is 1. The van der Waals surface area contributed by atoms with Crippen molar-refractivity contribution in [2.75, 3.05) is 7.05 Å². The number of esters is 1. The molecule has 2 aromatic rings. The summed E-state index contributed by atoms with van der Waals surface area (Å²) in [4.78, 5) is 22.3. The van der Waals surface area contributed by atoms with E-state index in [2.05, 4.69) is 4.72 Å². The topological polar surface area (TPSA) is 116 Å². The first-order chi connectivity index (χ1) is 11.3. The fourth-order valence-corrected chi connectivity index (χ4v) is 2.66. The first-order valence-corrected chi connectivity index (χ1v) is 8.26. The Labute approximate surface area is 138 Å². The van der Waals surface area contributed by atoms with Crippen molar-refractivity contribution in [2.24, 2.45) is 0 Å². The molecule has 0 atom stereocenters. The number of benzene rings is 2. The Bertz CT molecular complexity index is 862. The van der Waals surface area contributed by atoms with Gasteiger partial charge in [-0.05, 0) is 37.4 Å². The Morgan fingerprint density at radius 1 is 1.17 bits per heavy atom. The van der Waals surface area contributed by atoms with E-state index in [9.17, 15) is 23.3 Å². The van der Waals surface area contributed by atoms with Crippen LogP contribution in [-0.2, 0) is 21.4 Å². The van der Waals surface area contributed by atoms with E-state index in [4.69, 9.17) is 4.74 Å². The highest BCUT2D eigenvalue weighted by molar-refractivity contribution is 7.89. The number of hydrogen-bond acceptors (Lipinski definition) is 6. The van der Waals surface area contributed by atoms with Gasteiger partial charge in [-0.1, -0.05) is 12.1 Å². The number of nitro groups is 1. The second kappa shape index (κ2) is 7.20. The van der Waals surface area contributed by atoms with Gasteiger partial charge in [-0.3, -0.25) is 10.1 Å². The zero-order valence-electron chi connectivity index (χ0n) is 12.6. The van der Waals surface area contributed by atoms with Gasteiger partial charge in [0.15, 0.2) is 0 Å². The third kappa shape index (κ3) is 3.94. The number of ether oxygens (including phenoxy) is 1. The van der Waals surface area contributed by atoms with Crippen LogP contribution >= 0.6 is 0 Å². The quantitative estimate of drug-likeness (QED) is 0.483. The average molecular weight is 350 g/mol. The van der Waals surface area contributed by atoms with Gasteiger partial charge in [-0.25, -0.2) is 17.9 Å². The van der Waals surface area contributed by atoms with Gasteiger partial charge in [0.1, 0.15) is 6.61 Å². The van der Waals surface area contributed by atoms with E-state index < -0.39 is 20.9 Å². The summed E-state index contributed by atoms with van der Waals surface area (Å²) in [6.45, 7) is -0.257. The molecule has 126 valence electrons. The van der Waals surface area contributed by atoms with Crippen LogP contribution in [0.3, 0.4) is 0 Å². The highest BCUT2D eigenvalue weighted by atomic mass is 32.2. The van der Waals surface area contributed by atoms with Crippen molar-refractivity contribution < 1.29 is 22.9 Å². The van der Waals surface area contributed by atoms with Crippen LogP contribution < -0.4 is 4.72 Å². The zero-order valence-corrected chi connectivity index (χ0v) is 13.4. The van der Waals surface area contributed by atoms with Crippen molar-refractivity contribution >= 4 is 21.7 Å². The minimum Gasteiger partial charge on any atom is -0.457 e. The molecule has 0 spiro atoms. The summed E-state index contributed by atoms with van der Waals surface area (Å²) in [5.41, 5.74) is 0.273. The van der Waals surface area contributed by atoms with Gasteiger partial charge in [0.2, 0.25) is 10.0 Å². The van der Waals surface area contributed by atoms with Gasteiger partial charge in [0, 0.05) is 6.07 Å². The summed E-state index contributed by atoms with van der Waals surface area (Å²) >= 11 is 0. The van der Waals surface area contributed by atoms with E-state index in [0.717, 1.165) is 0 Å². The molecule has 0 saturated carbocycles. The maximum Gasteiger partial charge on any atom is 0.338 e. The maximum atomic E-state index is 12.0. The molecule has 0 aliphatic rings. The fraction of sp³-hybridized carbons (Fsp3) is 0.133. The van der Waals surface area contributed by atoms with Crippen LogP contribution in [0.15, 0.2) is 53.4 Å². The molecule has 1 N–H and O–H groups in total. The third-order valence-corrected chi connectivity index (χ3v) is 4.65. The number of carbonyl (C=O) groups excluding carboxylic acids is 1. The Balaban J connectivity index is 2.10. The highest BCUT2D eigenvalue weighted by Crippen LogP contribution is 2.19. The monoisotopic (exact) mass is 350 g/mol. The molecule has 8 nitrogen and oxygen atoms in total. The van der Waals surface area contributed by atoms with Crippen molar-refractivity contribution in [1.29, 1.82) is 0 Å². The van der Waals surface area contributed by atoms with E-state index >= 15 is 0 Å². The minimum atomic E-state index is -3.59. The summed E-state index contributed by atoms with van der Waals surface area (Å²) in [6, 6.07) is 11.1. The molecule has 24 heavy (non-hydrogen) atoms. The molecular weight excluding hydrogens is 336 g/mol. The molecule has 0 saturated heterocycles. The second-order valence-electron chi connectivity index (χ2n) is 4.69. The molecule has 0 bridgehead atoms. The van der Waals surface area contributed by atoms with Crippen LogP contribution in [0.2, 0.25) is 0 Å². The Morgan fingerprint density at radius 2 is 1.79 bits per heavy atom. The second-order valence-corrected chi connectivity index (χ2v) is 6.58. The molecule has 0 radical (unpaired) electrons. The lowest BCUT2D eigenvalue weighted by atomic mass is 10.2. The van der Waals surface area contributed by atoms with Gasteiger partial charge < -0.3 is 4.74 Å². The highest BCUT2D eigenvalue weighted by Gasteiger charge is 2.16. The van der Waals surface area contributed by atoms with E-state index in [1.165, 1.54) is 49.5 Å². The lowest BCUT2D eigenvalue weighted by molar-refractivity contribution is -0.385. The SMILES string of the molecule is CNS(=O)(=O)c1ccc(C(=O)OCc2ccccc2[N+](=O)[O-])cc1. The molecule has 0 unspecified atom stereocenters. The van der Waals surface area contributed by atoms with Crippen LogP contribution in [0.1, 0.15) is 15.9 Å². The normalized spacial score (nSPS) is 11.0. The van der Waals surface area contributed by atoms with Gasteiger partial charge in [0.05, 0.1) is 20.9 Å². The number of rotatable bonds is 6. The van der Waals surface area contributed by atoms with Crippen molar-refractivity contribution in [3.8, 4) is 0 Å². The smallest absolute Gasteiger partial charge is 0.338 e. The van der Waals surface area contributed by atoms with Gasteiger partial charge in [0.25, 0.3) is 5.69 Å². The predicted octanol–water partition coefficient (Wildman–Crippen LogP) is 1.86. The molecule has 0 aliphatic carbocycles.